The summed E-state index contributed by atoms with van der Waals surface area (Å²) >= 11 is 1.82. The van der Waals surface area contributed by atoms with Crippen molar-refractivity contribution in [2.75, 3.05) is 22.2 Å². The van der Waals surface area contributed by atoms with Crippen LogP contribution in [0.25, 0.3) is 11.1 Å². The van der Waals surface area contributed by atoms with Crippen LogP contribution in [0.15, 0.2) is 36.7 Å². The molecule has 4 heteroatoms. The molecule has 0 spiro atoms. The predicted molar refractivity (Wildman–Crippen MR) is 90.5 cm³/mol. The van der Waals surface area contributed by atoms with Gasteiger partial charge in [0, 0.05) is 31.5 Å². The second-order valence-corrected chi connectivity index (χ2v) is 7.19. The van der Waals surface area contributed by atoms with Crippen LogP contribution in [0.2, 0.25) is 0 Å². The topological polar surface area (TPSA) is 19.4 Å². The first-order valence-electron chi connectivity index (χ1n) is 7.46. The highest BCUT2D eigenvalue weighted by atomic mass is 32.2. The van der Waals surface area contributed by atoms with E-state index in [4.69, 9.17) is 0 Å². The Morgan fingerprint density at radius 2 is 2.00 bits per heavy atom. The van der Waals surface area contributed by atoms with Crippen molar-refractivity contribution in [3.8, 4) is 11.1 Å². The Labute approximate surface area is 130 Å². The first-order chi connectivity index (χ1) is 10.2. The van der Waals surface area contributed by atoms with Gasteiger partial charge in [-0.3, -0.25) is 13.6 Å². The minimum Gasteiger partial charge on any atom is -0.300 e. The van der Waals surface area contributed by atoms with E-state index in [1.165, 1.54) is 47.5 Å². The fourth-order valence-electron chi connectivity index (χ4n) is 2.78. The van der Waals surface area contributed by atoms with E-state index in [2.05, 4.69) is 51.8 Å². The van der Waals surface area contributed by atoms with Crippen molar-refractivity contribution in [3.05, 3.63) is 42.2 Å². The lowest BCUT2D eigenvalue weighted by atomic mass is 10.0. The molecule has 2 heterocycles. The van der Waals surface area contributed by atoms with Gasteiger partial charge in [-0.1, -0.05) is 6.07 Å². The standard InChI is InChI=1S/C17H19N3S/c1-12-7-15(10-18-9-12)14-5-6-16-17(8-14)19(2)21-20(16)11-13-3-4-13/h5-10,13H,3-4,11H2,1-2H3. The Balaban J connectivity index is 1.69. The molecule has 4 rings (SSSR count). The number of benzene rings is 1. The minimum atomic E-state index is 0.900. The van der Waals surface area contributed by atoms with E-state index >= 15 is 0 Å². The number of aryl methyl sites for hydroxylation is 1. The van der Waals surface area contributed by atoms with E-state index in [-0.39, 0.29) is 0 Å². The number of rotatable bonds is 3. The Hall–Kier alpha value is -1.68. The van der Waals surface area contributed by atoms with Crippen molar-refractivity contribution in [2.45, 2.75) is 19.8 Å². The molecular weight excluding hydrogens is 278 g/mol. The van der Waals surface area contributed by atoms with Gasteiger partial charge in [0.05, 0.1) is 23.5 Å². The van der Waals surface area contributed by atoms with Gasteiger partial charge in [-0.15, -0.1) is 0 Å². The van der Waals surface area contributed by atoms with Crippen LogP contribution in [-0.2, 0) is 0 Å². The zero-order chi connectivity index (χ0) is 14.4. The normalized spacial score (nSPS) is 17.2. The molecule has 3 nitrogen and oxygen atoms in total. The third kappa shape index (κ3) is 2.48. The summed E-state index contributed by atoms with van der Waals surface area (Å²) in [6.07, 6.45) is 6.63. The summed E-state index contributed by atoms with van der Waals surface area (Å²) in [6, 6.07) is 8.95. The number of pyridine rings is 1. The van der Waals surface area contributed by atoms with Crippen molar-refractivity contribution in [1.82, 2.24) is 4.98 Å². The fraction of sp³-hybridized carbons (Fsp3) is 0.353. The van der Waals surface area contributed by atoms with Crippen LogP contribution in [-0.4, -0.2) is 18.6 Å². The summed E-state index contributed by atoms with van der Waals surface area (Å²) in [5, 5.41) is 0. The average molecular weight is 297 g/mol. The lowest BCUT2D eigenvalue weighted by Gasteiger charge is -2.16. The van der Waals surface area contributed by atoms with E-state index in [1.54, 1.807) is 0 Å². The molecule has 0 radical (unpaired) electrons. The highest BCUT2D eigenvalue weighted by Crippen LogP contribution is 2.47. The first kappa shape index (κ1) is 13.0. The van der Waals surface area contributed by atoms with Crippen LogP contribution in [0.3, 0.4) is 0 Å². The third-order valence-corrected chi connectivity index (χ3v) is 5.12. The summed E-state index contributed by atoms with van der Waals surface area (Å²) in [6.45, 7) is 3.26. The molecule has 1 aromatic carbocycles. The van der Waals surface area contributed by atoms with Gasteiger partial charge in [-0.05, 0) is 55.0 Å². The quantitative estimate of drug-likeness (QED) is 0.787. The van der Waals surface area contributed by atoms with Gasteiger partial charge < -0.3 is 0 Å². The summed E-state index contributed by atoms with van der Waals surface area (Å²) in [7, 11) is 2.15. The molecule has 0 amide bonds. The summed E-state index contributed by atoms with van der Waals surface area (Å²) in [5.41, 5.74) is 6.28. The smallest absolute Gasteiger partial charge is 0.0732 e. The largest absolute Gasteiger partial charge is 0.300 e. The molecule has 0 atom stereocenters. The summed E-state index contributed by atoms with van der Waals surface area (Å²) in [5.74, 6) is 0.900. The molecule has 1 fully saturated rings. The van der Waals surface area contributed by atoms with Gasteiger partial charge in [0.15, 0.2) is 0 Å². The van der Waals surface area contributed by atoms with Gasteiger partial charge in [-0.25, -0.2) is 0 Å². The molecule has 1 aliphatic heterocycles. The van der Waals surface area contributed by atoms with Gasteiger partial charge in [0.1, 0.15) is 0 Å². The zero-order valence-corrected chi connectivity index (χ0v) is 13.2. The van der Waals surface area contributed by atoms with Crippen LogP contribution in [0.4, 0.5) is 11.4 Å². The minimum absolute atomic E-state index is 0.900. The molecule has 108 valence electrons. The van der Waals surface area contributed by atoms with Crippen LogP contribution in [0, 0.1) is 12.8 Å². The van der Waals surface area contributed by atoms with E-state index in [1.807, 2.05) is 24.5 Å². The fourth-order valence-corrected chi connectivity index (χ4v) is 3.83. The lowest BCUT2D eigenvalue weighted by Crippen LogP contribution is -2.16. The van der Waals surface area contributed by atoms with E-state index in [9.17, 15) is 0 Å². The molecule has 2 aromatic rings. The maximum Gasteiger partial charge on any atom is 0.0732 e. The van der Waals surface area contributed by atoms with Crippen molar-refractivity contribution in [1.29, 1.82) is 0 Å². The highest BCUT2D eigenvalue weighted by molar-refractivity contribution is 8.02. The predicted octanol–water partition coefficient (Wildman–Crippen LogP) is 4.29. The summed E-state index contributed by atoms with van der Waals surface area (Å²) < 4.78 is 4.70. The third-order valence-electron chi connectivity index (χ3n) is 4.13. The maximum atomic E-state index is 4.31. The molecule has 0 bridgehead atoms. The molecule has 0 unspecified atom stereocenters. The number of fused-ring (bicyclic) bond motifs is 1. The maximum absolute atomic E-state index is 4.31. The number of anilines is 2. The van der Waals surface area contributed by atoms with Crippen molar-refractivity contribution in [2.24, 2.45) is 5.92 Å². The molecule has 0 N–H and O–H groups in total. The van der Waals surface area contributed by atoms with Crippen molar-refractivity contribution >= 4 is 23.5 Å². The number of hydrogen-bond acceptors (Lipinski definition) is 4. The lowest BCUT2D eigenvalue weighted by molar-refractivity contribution is 0.852. The number of hydrogen-bond donors (Lipinski definition) is 0. The summed E-state index contributed by atoms with van der Waals surface area (Å²) in [4.78, 5) is 4.31. The Bertz CT molecular complexity index is 681. The monoisotopic (exact) mass is 297 g/mol. The molecule has 1 saturated carbocycles. The molecule has 1 aromatic heterocycles. The second-order valence-electron chi connectivity index (χ2n) is 6.04. The molecule has 0 saturated heterocycles. The van der Waals surface area contributed by atoms with Crippen molar-refractivity contribution in [3.63, 3.8) is 0 Å². The van der Waals surface area contributed by atoms with E-state index in [0.717, 1.165) is 5.92 Å². The molecule has 1 aliphatic carbocycles. The van der Waals surface area contributed by atoms with Crippen LogP contribution < -0.4 is 8.61 Å². The van der Waals surface area contributed by atoms with Gasteiger partial charge in [0.25, 0.3) is 0 Å². The van der Waals surface area contributed by atoms with Gasteiger partial charge in [0.2, 0.25) is 0 Å². The van der Waals surface area contributed by atoms with Gasteiger partial charge in [-0.2, -0.15) is 0 Å². The Kier molecular flexibility index (Phi) is 3.07. The Morgan fingerprint density at radius 1 is 1.14 bits per heavy atom. The van der Waals surface area contributed by atoms with E-state index in [0.29, 0.717) is 0 Å². The van der Waals surface area contributed by atoms with Crippen LogP contribution >= 0.6 is 12.1 Å². The molecular formula is C17H19N3S. The second kappa shape index (κ2) is 4.95. The van der Waals surface area contributed by atoms with Crippen LogP contribution in [0.1, 0.15) is 18.4 Å². The van der Waals surface area contributed by atoms with E-state index < -0.39 is 0 Å². The zero-order valence-electron chi connectivity index (χ0n) is 12.4. The highest BCUT2D eigenvalue weighted by Gasteiger charge is 2.31. The first-order valence-corrected chi connectivity index (χ1v) is 8.19. The van der Waals surface area contributed by atoms with Crippen LogP contribution in [0.5, 0.6) is 0 Å². The molecule has 21 heavy (non-hydrogen) atoms. The number of aromatic nitrogens is 1. The number of nitrogens with zero attached hydrogens (tertiary/aromatic N) is 3. The molecule has 2 aliphatic rings. The average Bonchev–Trinajstić information content (AvgIpc) is 3.24. The van der Waals surface area contributed by atoms with Crippen molar-refractivity contribution < 1.29 is 0 Å². The van der Waals surface area contributed by atoms with Gasteiger partial charge >= 0.3 is 0 Å². The SMILES string of the molecule is Cc1cncc(-c2ccc3c(c2)N(C)SN3CC2CC2)c1. The Morgan fingerprint density at radius 3 is 2.76 bits per heavy atom.